The fourth-order valence-electron chi connectivity index (χ4n) is 7.40. The second-order valence-electron chi connectivity index (χ2n) is 11.2. The number of benzene rings is 2. The first-order chi connectivity index (χ1) is 17.9. The van der Waals surface area contributed by atoms with Crippen LogP contribution in [0.2, 0.25) is 0 Å². The van der Waals surface area contributed by atoms with E-state index in [9.17, 15) is 9.59 Å². The average molecular weight is 505 g/mol. The highest BCUT2D eigenvalue weighted by atomic mass is 16.6. The minimum absolute atomic E-state index is 0.0970. The summed E-state index contributed by atoms with van der Waals surface area (Å²) < 4.78 is 10.6. The van der Waals surface area contributed by atoms with Crippen LogP contribution in [0.3, 0.4) is 0 Å². The van der Waals surface area contributed by atoms with Crippen LogP contribution in [0.4, 0.5) is 0 Å². The van der Waals surface area contributed by atoms with Crippen molar-refractivity contribution < 1.29 is 19.1 Å². The van der Waals surface area contributed by atoms with Gasteiger partial charge >= 0.3 is 11.9 Å². The molecule has 0 unspecified atom stereocenters. The molecule has 37 heavy (non-hydrogen) atoms. The van der Waals surface area contributed by atoms with Gasteiger partial charge in [0.2, 0.25) is 0 Å². The maximum Gasteiger partial charge on any atom is 0.338 e. The Bertz CT molecular complexity index is 1070. The van der Waals surface area contributed by atoms with Gasteiger partial charge in [-0.1, -0.05) is 48.5 Å². The molecule has 2 aromatic carbocycles. The normalized spacial score (nSPS) is 32.8. The van der Waals surface area contributed by atoms with Crippen LogP contribution in [0.1, 0.15) is 67.3 Å². The van der Waals surface area contributed by atoms with Crippen LogP contribution in [-0.4, -0.2) is 67.2 Å². The van der Waals surface area contributed by atoms with Crippen molar-refractivity contribution in [3.05, 3.63) is 71.8 Å². The smallest absolute Gasteiger partial charge is 0.338 e. The molecule has 0 N–H and O–H groups in total. The molecule has 4 aliphatic heterocycles. The highest BCUT2D eigenvalue weighted by Gasteiger charge is 2.51. The van der Waals surface area contributed by atoms with Gasteiger partial charge in [-0.2, -0.15) is 0 Å². The summed E-state index contributed by atoms with van der Waals surface area (Å²) in [4.78, 5) is 29.4. The molecule has 6 atom stereocenters. The van der Waals surface area contributed by atoms with E-state index in [4.69, 9.17) is 9.47 Å². The van der Waals surface area contributed by atoms with E-state index in [1.807, 2.05) is 13.1 Å². The van der Waals surface area contributed by atoms with Crippen LogP contribution in [0.25, 0.3) is 0 Å². The van der Waals surface area contributed by atoms with E-state index in [1.165, 1.54) is 44.8 Å². The molecule has 0 radical (unpaired) electrons. The van der Waals surface area contributed by atoms with Gasteiger partial charge in [0.05, 0.1) is 12.7 Å². The molecule has 4 aliphatic rings. The molecule has 6 nitrogen and oxygen atoms in total. The lowest BCUT2D eigenvalue weighted by molar-refractivity contribution is -0.156. The molecule has 4 heterocycles. The Morgan fingerprint density at radius 3 is 2.27 bits per heavy atom. The Morgan fingerprint density at radius 2 is 1.57 bits per heavy atom. The summed E-state index contributed by atoms with van der Waals surface area (Å²) in [5.74, 6) is -1.06. The van der Waals surface area contributed by atoms with Crippen LogP contribution in [0.15, 0.2) is 60.7 Å². The van der Waals surface area contributed by atoms with Crippen molar-refractivity contribution in [1.82, 2.24) is 9.80 Å². The Kier molecular flexibility index (Phi) is 7.68. The third kappa shape index (κ3) is 4.94. The molecule has 6 heteroatoms. The average Bonchev–Trinajstić information content (AvgIpc) is 3.25. The molecule has 2 aromatic rings. The maximum absolute atomic E-state index is 12.3. The van der Waals surface area contributed by atoms with Gasteiger partial charge < -0.3 is 9.47 Å². The largest absolute Gasteiger partial charge is 0.469 e. The molecule has 4 saturated heterocycles. The van der Waals surface area contributed by atoms with E-state index in [0.717, 1.165) is 18.9 Å². The van der Waals surface area contributed by atoms with Crippen molar-refractivity contribution in [2.45, 2.75) is 81.1 Å². The summed E-state index contributed by atoms with van der Waals surface area (Å²) in [5, 5.41) is 0. The topological polar surface area (TPSA) is 59.1 Å². The van der Waals surface area contributed by atoms with Crippen molar-refractivity contribution in [3.8, 4) is 0 Å². The summed E-state index contributed by atoms with van der Waals surface area (Å²) in [7, 11) is 5.75. The molecular weight excluding hydrogens is 464 g/mol. The SMILES string of the molecule is CN1[C@@H]2CCC[C@@]1(c1ccccc1)CC2.COC(=O)[C@H]1[C@@H](OC(=O)c2ccccc2)C[C@@H]2CC[C@H]1N2C. The summed E-state index contributed by atoms with van der Waals surface area (Å²) in [6.45, 7) is 0. The Labute approximate surface area is 220 Å². The maximum atomic E-state index is 12.3. The lowest BCUT2D eigenvalue weighted by Gasteiger charge is -2.43. The molecule has 4 bridgehead atoms. The third-order valence-corrected chi connectivity index (χ3v) is 9.51. The minimum atomic E-state index is -0.408. The van der Waals surface area contributed by atoms with E-state index >= 15 is 0 Å². The minimum Gasteiger partial charge on any atom is -0.469 e. The van der Waals surface area contributed by atoms with Gasteiger partial charge in [0.25, 0.3) is 0 Å². The Balaban J connectivity index is 0.000000162. The summed E-state index contributed by atoms with van der Waals surface area (Å²) in [6, 6.07) is 21.3. The number of nitrogens with zero attached hydrogens (tertiary/aromatic N) is 2. The van der Waals surface area contributed by atoms with Crippen LogP contribution in [0.5, 0.6) is 0 Å². The molecule has 198 valence electrons. The molecule has 6 rings (SSSR count). The number of carbonyl (C=O) groups excluding carboxylic acids is 2. The molecule has 0 aliphatic carbocycles. The number of methoxy groups -OCH3 is 1. The molecule has 0 saturated carbocycles. The summed E-state index contributed by atoms with van der Waals surface area (Å²) >= 11 is 0. The van der Waals surface area contributed by atoms with Gasteiger partial charge in [-0.05, 0) is 76.7 Å². The first-order valence-corrected chi connectivity index (χ1v) is 13.8. The molecule has 4 fully saturated rings. The number of rotatable bonds is 4. The van der Waals surface area contributed by atoms with Crippen molar-refractivity contribution in [2.24, 2.45) is 5.92 Å². The fourth-order valence-corrected chi connectivity index (χ4v) is 7.40. The lowest BCUT2D eigenvalue weighted by atomic mass is 9.82. The summed E-state index contributed by atoms with van der Waals surface area (Å²) in [6.07, 6.45) is 9.18. The van der Waals surface area contributed by atoms with Crippen molar-refractivity contribution in [3.63, 3.8) is 0 Å². The number of piperidine rings is 2. The van der Waals surface area contributed by atoms with E-state index in [2.05, 4.69) is 47.2 Å². The molecule has 0 amide bonds. The van der Waals surface area contributed by atoms with Gasteiger partial charge in [0.1, 0.15) is 12.0 Å². The second-order valence-corrected chi connectivity index (χ2v) is 11.2. The van der Waals surface area contributed by atoms with Crippen LogP contribution in [0, 0.1) is 5.92 Å². The van der Waals surface area contributed by atoms with E-state index < -0.39 is 12.0 Å². The molecule has 0 spiro atoms. The Morgan fingerprint density at radius 1 is 0.865 bits per heavy atom. The zero-order chi connectivity index (χ0) is 26.0. The first-order valence-electron chi connectivity index (χ1n) is 13.8. The van der Waals surface area contributed by atoms with Gasteiger partial charge in [0, 0.05) is 30.1 Å². The standard InChI is InChI=1S/C17H21NO4.C14H19N/c1-18-12-8-9-13(18)15(17(20)21-2)14(10-12)22-16(19)11-6-4-3-5-7-11;1-15-13-8-5-10-14(15,11-9-13)12-6-3-2-4-7-12/h3-7,12-15H,8-10H2,1-2H3;2-4,6-7,13H,5,8-11H2,1H3/t12-,13+,14-,15+;13-,14+/m01/s1. The summed E-state index contributed by atoms with van der Waals surface area (Å²) in [5.41, 5.74) is 2.43. The quantitative estimate of drug-likeness (QED) is 0.545. The lowest BCUT2D eigenvalue weighted by Crippen LogP contribution is -2.53. The predicted molar refractivity (Wildman–Crippen MR) is 143 cm³/mol. The zero-order valence-electron chi connectivity index (χ0n) is 22.3. The third-order valence-electron chi connectivity index (χ3n) is 9.51. The monoisotopic (exact) mass is 504 g/mol. The van der Waals surface area contributed by atoms with E-state index in [0.29, 0.717) is 23.6 Å². The van der Waals surface area contributed by atoms with Crippen molar-refractivity contribution >= 4 is 11.9 Å². The van der Waals surface area contributed by atoms with Gasteiger partial charge in [0.15, 0.2) is 0 Å². The number of hydrogen-bond donors (Lipinski definition) is 0. The predicted octanol–water partition coefficient (Wildman–Crippen LogP) is 5.03. The van der Waals surface area contributed by atoms with Gasteiger partial charge in [-0.3, -0.25) is 14.6 Å². The van der Waals surface area contributed by atoms with Crippen molar-refractivity contribution in [1.29, 1.82) is 0 Å². The Hall–Kier alpha value is -2.70. The van der Waals surface area contributed by atoms with Crippen LogP contribution in [-0.2, 0) is 19.8 Å². The van der Waals surface area contributed by atoms with Gasteiger partial charge in [-0.15, -0.1) is 0 Å². The highest BCUT2D eigenvalue weighted by molar-refractivity contribution is 5.89. The number of hydrogen-bond acceptors (Lipinski definition) is 6. The number of fused-ring (bicyclic) bond motifs is 4. The van der Waals surface area contributed by atoms with E-state index in [-0.39, 0.29) is 18.0 Å². The zero-order valence-corrected chi connectivity index (χ0v) is 22.3. The highest BCUT2D eigenvalue weighted by Crippen LogP contribution is 2.49. The molecule has 0 aromatic heterocycles. The number of esters is 2. The number of carbonyl (C=O) groups is 2. The molecular formula is C31H40N2O4. The fraction of sp³-hybridized carbons (Fsp3) is 0.548. The van der Waals surface area contributed by atoms with Gasteiger partial charge in [-0.25, -0.2) is 4.79 Å². The first kappa shape index (κ1) is 25.9. The number of ether oxygens (including phenoxy) is 2. The van der Waals surface area contributed by atoms with Crippen LogP contribution >= 0.6 is 0 Å². The van der Waals surface area contributed by atoms with Crippen molar-refractivity contribution in [2.75, 3.05) is 21.2 Å². The van der Waals surface area contributed by atoms with E-state index in [1.54, 1.807) is 24.3 Å². The second kappa shape index (κ2) is 11.0. The van der Waals surface area contributed by atoms with Crippen LogP contribution < -0.4 is 0 Å².